The Balaban J connectivity index is 1.99. The van der Waals surface area contributed by atoms with E-state index in [0.717, 1.165) is 22.7 Å². The number of halogens is 1. The molecule has 2 heterocycles. The van der Waals surface area contributed by atoms with Gasteiger partial charge in [0, 0.05) is 10.9 Å². The Morgan fingerprint density at radius 2 is 1.97 bits per heavy atom. The van der Waals surface area contributed by atoms with Crippen LogP contribution in [0.5, 0.6) is 0 Å². The summed E-state index contributed by atoms with van der Waals surface area (Å²) in [5.41, 5.74) is 1.16. The second-order valence-corrected chi connectivity index (χ2v) is 7.70. The number of para-hydroxylation sites is 2. The van der Waals surface area contributed by atoms with Gasteiger partial charge in [-0.15, -0.1) is 0 Å². The number of aromatic amines is 1. The van der Waals surface area contributed by atoms with Crippen LogP contribution in [0.2, 0.25) is 0 Å². The highest BCUT2D eigenvalue weighted by atomic mass is 32.2. The lowest BCUT2D eigenvalue weighted by atomic mass is 10.2. The summed E-state index contributed by atoms with van der Waals surface area (Å²) in [7, 11) is 0. The number of hydrogen-bond acceptors (Lipinski definition) is 5. The summed E-state index contributed by atoms with van der Waals surface area (Å²) < 4.78 is 20.8. The summed E-state index contributed by atoms with van der Waals surface area (Å²) in [6, 6.07) is 13.4. The van der Waals surface area contributed by atoms with E-state index in [1.807, 2.05) is 24.3 Å². The lowest BCUT2D eigenvalue weighted by Crippen LogP contribution is -2.25. The average molecular weight is 411 g/mol. The van der Waals surface area contributed by atoms with Crippen LogP contribution < -0.4 is 5.56 Å². The van der Waals surface area contributed by atoms with Crippen molar-refractivity contribution >= 4 is 39.7 Å². The predicted octanol–water partition coefficient (Wildman–Crippen LogP) is 4.05. The van der Waals surface area contributed by atoms with E-state index in [1.165, 1.54) is 16.7 Å². The van der Waals surface area contributed by atoms with Gasteiger partial charge in [0.05, 0.1) is 12.3 Å². The summed E-state index contributed by atoms with van der Waals surface area (Å²) in [5, 5.41) is 0.381. The molecule has 0 saturated heterocycles. The number of aromatic nitrogens is 3. The Hall–Kier alpha value is -3.13. The fourth-order valence-corrected chi connectivity index (χ4v) is 4.04. The van der Waals surface area contributed by atoms with E-state index in [9.17, 15) is 14.0 Å². The minimum absolute atomic E-state index is 0.0733. The van der Waals surface area contributed by atoms with Crippen molar-refractivity contribution in [3.8, 4) is 5.69 Å². The summed E-state index contributed by atoms with van der Waals surface area (Å²) in [6.45, 7) is 3.64. The van der Waals surface area contributed by atoms with Gasteiger partial charge >= 0.3 is 5.97 Å². The van der Waals surface area contributed by atoms with E-state index in [2.05, 4.69) is 9.97 Å². The maximum absolute atomic E-state index is 14.6. The molecule has 0 unspecified atom stereocenters. The number of nitrogens with one attached hydrogen (secondary N) is 1. The van der Waals surface area contributed by atoms with Gasteiger partial charge in [-0.25, -0.2) is 9.37 Å². The molecule has 2 aromatic heterocycles. The van der Waals surface area contributed by atoms with Crippen LogP contribution in [0.3, 0.4) is 0 Å². The minimum Gasteiger partial charge on any atom is -0.465 e. The zero-order chi connectivity index (χ0) is 20.5. The van der Waals surface area contributed by atoms with Gasteiger partial charge in [0.2, 0.25) is 0 Å². The molecule has 0 aliphatic carbocycles. The number of benzene rings is 2. The third-order valence-corrected chi connectivity index (χ3v) is 5.52. The third kappa shape index (κ3) is 3.40. The Kier molecular flexibility index (Phi) is 5.10. The van der Waals surface area contributed by atoms with Crippen molar-refractivity contribution in [1.29, 1.82) is 0 Å². The predicted molar refractivity (Wildman–Crippen MR) is 111 cm³/mol. The van der Waals surface area contributed by atoms with Crippen LogP contribution in [0.1, 0.15) is 13.8 Å². The van der Waals surface area contributed by atoms with Crippen molar-refractivity contribution in [2.24, 2.45) is 0 Å². The smallest absolute Gasteiger partial charge is 0.319 e. The average Bonchev–Trinajstić information content (AvgIpc) is 3.08. The fraction of sp³-hybridized carbons (Fsp3) is 0.190. The van der Waals surface area contributed by atoms with Crippen molar-refractivity contribution in [1.82, 2.24) is 14.5 Å². The number of carbonyl (C=O) groups excluding carboxylic acids is 1. The molecule has 0 aliphatic rings. The number of thioether (sulfide) groups is 1. The zero-order valence-corrected chi connectivity index (χ0v) is 16.6. The molecular formula is C21H18FN3O3S. The molecule has 1 atom stereocenters. The molecule has 1 N–H and O–H groups in total. The van der Waals surface area contributed by atoms with E-state index in [4.69, 9.17) is 4.74 Å². The van der Waals surface area contributed by atoms with Gasteiger partial charge < -0.3 is 9.72 Å². The van der Waals surface area contributed by atoms with Crippen molar-refractivity contribution in [2.75, 3.05) is 6.61 Å². The van der Waals surface area contributed by atoms with Gasteiger partial charge in [-0.1, -0.05) is 42.1 Å². The topological polar surface area (TPSA) is 77.0 Å². The van der Waals surface area contributed by atoms with Gasteiger partial charge in [0.25, 0.3) is 5.56 Å². The largest absolute Gasteiger partial charge is 0.465 e. The summed E-state index contributed by atoms with van der Waals surface area (Å²) in [5.74, 6) is -0.983. The van der Waals surface area contributed by atoms with Gasteiger partial charge in [0.15, 0.2) is 5.16 Å². The molecule has 0 spiro atoms. The Morgan fingerprint density at radius 3 is 2.72 bits per heavy atom. The van der Waals surface area contributed by atoms with Crippen LogP contribution in [0.25, 0.3) is 27.6 Å². The van der Waals surface area contributed by atoms with E-state index in [-0.39, 0.29) is 23.0 Å². The van der Waals surface area contributed by atoms with Crippen LogP contribution in [-0.2, 0) is 9.53 Å². The van der Waals surface area contributed by atoms with E-state index in [0.29, 0.717) is 5.52 Å². The maximum atomic E-state index is 14.6. The Bertz CT molecular complexity index is 1280. The Labute approximate surface area is 169 Å². The van der Waals surface area contributed by atoms with Crippen LogP contribution in [0.15, 0.2) is 58.5 Å². The summed E-state index contributed by atoms with van der Waals surface area (Å²) in [4.78, 5) is 33.2. The maximum Gasteiger partial charge on any atom is 0.319 e. The molecule has 29 heavy (non-hydrogen) atoms. The molecule has 0 radical (unpaired) electrons. The summed E-state index contributed by atoms with van der Waals surface area (Å²) in [6.07, 6.45) is 0. The standard InChI is InChI=1S/C21H18FN3O3S/c1-3-28-20(27)12(2)29-21-24-17-13-8-4-6-10-15(13)23-18(17)19(26)25(21)16-11-7-5-9-14(16)22/h4-12,23H,3H2,1-2H3/t12-/m1/s1. The number of rotatable bonds is 5. The number of ether oxygens (including phenoxy) is 1. The molecule has 2 aromatic carbocycles. The van der Waals surface area contributed by atoms with Crippen molar-refractivity contribution < 1.29 is 13.9 Å². The van der Waals surface area contributed by atoms with Crippen LogP contribution >= 0.6 is 11.8 Å². The van der Waals surface area contributed by atoms with Crippen molar-refractivity contribution in [3.05, 3.63) is 64.7 Å². The fourth-order valence-electron chi connectivity index (χ4n) is 3.13. The number of H-pyrrole nitrogens is 1. The van der Waals surface area contributed by atoms with E-state index in [1.54, 1.807) is 26.0 Å². The molecule has 148 valence electrons. The highest BCUT2D eigenvalue weighted by molar-refractivity contribution is 8.00. The monoisotopic (exact) mass is 411 g/mol. The van der Waals surface area contributed by atoms with Gasteiger partial charge in [0.1, 0.15) is 22.1 Å². The second-order valence-electron chi connectivity index (χ2n) is 6.39. The first-order valence-corrected chi connectivity index (χ1v) is 10.0. The molecule has 4 aromatic rings. The summed E-state index contributed by atoms with van der Waals surface area (Å²) >= 11 is 1.06. The first kappa shape index (κ1) is 19.2. The number of hydrogen-bond donors (Lipinski definition) is 1. The highest BCUT2D eigenvalue weighted by Gasteiger charge is 2.23. The van der Waals surface area contributed by atoms with E-state index < -0.39 is 22.6 Å². The van der Waals surface area contributed by atoms with Crippen molar-refractivity contribution in [2.45, 2.75) is 24.3 Å². The Morgan fingerprint density at radius 1 is 1.24 bits per heavy atom. The third-order valence-electron chi connectivity index (χ3n) is 4.49. The molecule has 8 heteroatoms. The van der Waals surface area contributed by atoms with E-state index >= 15 is 0 Å². The van der Waals surface area contributed by atoms with Gasteiger partial charge in [-0.3, -0.25) is 14.2 Å². The lowest BCUT2D eigenvalue weighted by molar-refractivity contribution is -0.142. The normalized spacial score (nSPS) is 12.4. The SMILES string of the molecule is CCOC(=O)[C@@H](C)Sc1nc2c([nH]c3ccccc32)c(=O)n1-c1ccccc1F. The van der Waals surface area contributed by atoms with Crippen LogP contribution in [0, 0.1) is 5.82 Å². The molecule has 0 amide bonds. The molecule has 0 saturated carbocycles. The number of nitrogens with zero attached hydrogens (tertiary/aromatic N) is 2. The number of carbonyl (C=O) groups is 1. The number of fused-ring (bicyclic) bond motifs is 3. The molecular weight excluding hydrogens is 393 g/mol. The minimum atomic E-state index is -0.623. The molecule has 6 nitrogen and oxygen atoms in total. The number of esters is 1. The first-order chi connectivity index (χ1) is 14.0. The second kappa shape index (κ2) is 7.71. The lowest BCUT2D eigenvalue weighted by Gasteiger charge is -2.15. The molecule has 0 aliphatic heterocycles. The quantitative estimate of drug-likeness (QED) is 0.305. The van der Waals surface area contributed by atoms with Crippen molar-refractivity contribution in [3.63, 3.8) is 0 Å². The highest BCUT2D eigenvalue weighted by Crippen LogP contribution is 2.29. The van der Waals surface area contributed by atoms with Crippen LogP contribution in [0.4, 0.5) is 4.39 Å². The molecule has 0 bridgehead atoms. The molecule has 0 fully saturated rings. The first-order valence-electron chi connectivity index (χ1n) is 9.13. The van der Waals surface area contributed by atoms with Gasteiger partial charge in [-0.05, 0) is 32.0 Å². The zero-order valence-electron chi connectivity index (χ0n) is 15.8. The molecule has 4 rings (SSSR count). The van der Waals surface area contributed by atoms with Gasteiger partial charge in [-0.2, -0.15) is 0 Å². The van der Waals surface area contributed by atoms with Crippen LogP contribution in [-0.4, -0.2) is 32.4 Å².